The Morgan fingerprint density at radius 1 is 1.53 bits per heavy atom. The summed E-state index contributed by atoms with van der Waals surface area (Å²) in [7, 11) is 0. The summed E-state index contributed by atoms with van der Waals surface area (Å²) < 4.78 is 0. The fourth-order valence-corrected chi connectivity index (χ4v) is 3.33. The standard InChI is InChI=1S/C13H20N2OS/c1-9(14)13(16)15-12(10-5-2-3-6-10)11-7-4-8-17-11/h4,7-10,12H,2-3,5-6,14H2,1H3,(H,15,16)/t9-,12?/m1/s1. The predicted octanol–water partition coefficient (Wildman–Crippen LogP) is 2.44. The molecule has 1 heterocycles. The topological polar surface area (TPSA) is 55.1 Å². The van der Waals surface area contributed by atoms with Gasteiger partial charge in [-0.2, -0.15) is 0 Å². The monoisotopic (exact) mass is 252 g/mol. The summed E-state index contributed by atoms with van der Waals surface area (Å²) in [6.45, 7) is 1.73. The van der Waals surface area contributed by atoms with E-state index in [2.05, 4.69) is 16.8 Å². The highest BCUT2D eigenvalue weighted by Gasteiger charge is 2.28. The SMILES string of the molecule is C[C@@H](N)C(=O)NC(c1cccs1)C1CCCC1. The summed E-state index contributed by atoms with van der Waals surface area (Å²) in [5, 5.41) is 5.17. The zero-order valence-electron chi connectivity index (χ0n) is 10.2. The van der Waals surface area contributed by atoms with E-state index in [4.69, 9.17) is 5.73 Å². The summed E-state index contributed by atoms with van der Waals surface area (Å²) in [6, 6.07) is 3.88. The molecule has 1 unspecified atom stereocenters. The number of thiophene rings is 1. The van der Waals surface area contributed by atoms with Gasteiger partial charge in [0.1, 0.15) is 0 Å². The maximum absolute atomic E-state index is 11.8. The number of nitrogens with two attached hydrogens (primary N) is 1. The van der Waals surface area contributed by atoms with Crippen LogP contribution in [0.25, 0.3) is 0 Å². The van der Waals surface area contributed by atoms with Crippen LogP contribution in [-0.4, -0.2) is 11.9 Å². The van der Waals surface area contributed by atoms with Crippen LogP contribution in [0.5, 0.6) is 0 Å². The number of rotatable bonds is 4. The van der Waals surface area contributed by atoms with Crippen LogP contribution < -0.4 is 11.1 Å². The minimum atomic E-state index is -0.432. The first-order chi connectivity index (χ1) is 8.18. The third-order valence-corrected chi connectivity index (χ3v) is 4.39. The molecule has 2 atom stereocenters. The number of carbonyl (C=O) groups is 1. The highest BCUT2D eigenvalue weighted by Crippen LogP contribution is 2.37. The molecule has 1 amide bonds. The average Bonchev–Trinajstić information content (AvgIpc) is 2.98. The van der Waals surface area contributed by atoms with Crippen LogP contribution in [0.15, 0.2) is 17.5 Å². The average molecular weight is 252 g/mol. The van der Waals surface area contributed by atoms with E-state index in [9.17, 15) is 4.79 Å². The highest BCUT2D eigenvalue weighted by atomic mass is 32.1. The molecule has 1 aromatic heterocycles. The molecular weight excluding hydrogens is 232 g/mol. The Balaban J connectivity index is 2.10. The number of hydrogen-bond donors (Lipinski definition) is 2. The van der Waals surface area contributed by atoms with E-state index >= 15 is 0 Å². The third kappa shape index (κ3) is 3.07. The van der Waals surface area contributed by atoms with Gasteiger partial charge in [0.15, 0.2) is 0 Å². The lowest BCUT2D eigenvalue weighted by molar-refractivity contribution is -0.123. The van der Waals surface area contributed by atoms with Gasteiger partial charge in [-0.05, 0) is 37.1 Å². The molecule has 1 saturated carbocycles. The van der Waals surface area contributed by atoms with Crippen molar-refractivity contribution in [3.05, 3.63) is 22.4 Å². The molecule has 0 aliphatic heterocycles. The molecule has 0 spiro atoms. The van der Waals surface area contributed by atoms with E-state index < -0.39 is 6.04 Å². The summed E-state index contributed by atoms with van der Waals surface area (Å²) >= 11 is 1.72. The fraction of sp³-hybridized carbons (Fsp3) is 0.615. The molecule has 0 radical (unpaired) electrons. The van der Waals surface area contributed by atoms with Crippen molar-refractivity contribution in [2.45, 2.75) is 44.7 Å². The van der Waals surface area contributed by atoms with Gasteiger partial charge in [-0.3, -0.25) is 4.79 Å². The second kappa shape index (κ2) is 5.65. The molecule has 4 heteroatoms. The first-order valence-electron chi connectivity index (χ1n) is 6.28. The van der Waals surface area contributed by atoms with Gasteiger partial charge in [-0.15, -0.1) is 11.3 Å². The molecular formula is C13H20N2OS. The van der Waals surface area contributed by atoms with Crippen molar-refractivity contribution >= 4 is 17.2 Å². The van der Waals surface area contributed by atoms with Gasteiger partial charge in [-0.25, -0.2) is 0 Å². The summed E-state index contributed by atoms with van der Waals surface area (Å²) in [4.78, 5) is 13.0. The van der Waals surface area contributed by atoms with Crippen LogP contribution in [0.4, 0.5) is 0 Å². The Morgan fingerprint density at radius 3 is 2.76 bits per heavy atom. The van der Waals surface area contributed by atoms with Crippen molar-refractivity contribution in [3.63, 3.8) is 0 Å². The minimum Gasteiger partial charge on any atom is -0.347 e. The van der Waals surface area contributed by atoms with Crippen LogP contribution >= 0.6 is 11.3 Å². The van der Waals surface area contributed by atoms with E-state index in [1.807, 2.05) is 6.07 Å². The van der Waals surface area contributed by atoms with E-state index in [-0.39, 0.29) is 11.9 Å². The molecule has 0 bridgehead atoms. The molecule has 17 heavy (non-hydrogen) atoms. The zero-order chi connectivity index (χ0) is 12.3. The van der Waals surface area contributed by atoms with Crippen molar-refractivity contribution in [1.82, 2.24) is 5.32 Å². The second-order valence-corrected chi connectivity index (χ2v) is 5.81. The largest absolute Gasteiger partial charge is 0.347 e. The van der Waals surface area contributed by atoms with Crippen molar-refractivity contribution < 1.29 is 4.79 Å². The number of nitrogens with one attached hydrogen (secondary N) is 1. The van der Waals surface area contributed by atoms with Crippen LogP contribution in [0.2, 0.25) is 0 Å². The molecule has 0 aromatic carbocycles. The Hall–Kier alpha value is -0.870. The maximum atomic E-state index is 11.8. The van der Waals surface area contributed by atoms with Gasteiger partial charge in [0.05, 0.1) is 12.1 Å². The molecule has 1 aromatic rings. The molecule has 1 aliphatic carbocycles. The molecule has 1 fully saturated rings. The minimum absolute atomic E-state index is 0.0460. The van der Waals surface area contributed by atoms with Crippen molar-refractivity contribution in [1.29, 1.82) is 0 Å². The molecule has 1 aliphatic rings. The summed E-state index contributed by atoms with van der Waals surface area (Å²) in [6.07, 6.45) is 4.98. The number of carbonyl (C=O) groups excluding carboxylic acids is 1. The van der Waals surface area contributed by atoms with Gasteiger partial charge >= 0.3 is 0 Å². The third-order valence-electron chi connectivity index (χ3n) is 3.43. The van der Waals surface area contributed by atoms with Crippen LogP contribution in [0, 0.1) is 5.92 Å². The zero-order valence-corrected chi connectivity index (χ0v) is 11.0. The van der Waals surface area contributed by atoms with E-state index in [1.54, 1.807) is 18.3 Å². The lowest BCUT2D eigenvalue weighted by atomic mass is 9.96. The predicted molar refractivity (Wildman–Crippen MR) is 70.8 cm³/mol. The molecule has 3 N–H and O–H groups in total. The van der Waals surface area contributed by atoms with Crippen molar-refractivity contribution in [3.8, 4) is 0 Å². The Morgan fingerprint density at radius 2 is 2.24 bits per heavy atom. The molecule has 3 nitrogen and oxygen atoms in total. The smallest absolute Gasteiger partial charge is 0.237 e. The Kier molecular flexibility index (Phi) is 4.18. The van der Waals surface area contributed by atoms with Gasteiger partial charge in [0.2, 0.25) is 5.91 Å². The van der Waals surface area contributed by atoms with E-state index in [0.717, 1.165) is 0 Å². The van der Waals surface area contributed by atoms with Gasteiger partial charge in [0, 0.05) is 4.88 Å². The lowest BCUT2D eigenvalue weighted by Gasteiger charge is -2.24. The Labute approximate surface area is 106 Å². The van der Waals surface area contributed by atoms with Crippen LogP contribution in [0.3, 0.4) is 0 Å². The normalized spacial score (nSPS) is 20.1. The first-order valence-corrected chi connectivity index (χ1v) is 7.16. The van der Waals surface area contributed by atoms with Crippen LogP contribution in [-0.2, 0) is 4.79 Å². The summed E-state index contributed by atoms with van der Waals surface area (Å²) in [5.41, 5.74) is 5.63. The Bertz CT molecular complexity index is 356. The molecule has 0 saturated heterocycles. The number of hydrogen-bond acceptors (Lipinski definition) is 3. The van der Waals surface area contributed by atoms with Gasteiger partial charge < -0.3 is 11.1 Å². The lowest BCUT2D eigenvalue weighted by Crippen LogP contribution is -2.41. The second-order valence-electron chi connectivity index (χ2n) is 4.83. The quantitative estimate of drug-likeness (QED) is 0.864. The van der Waals surface area contributed by atoms with E-state index in [1.165, 1.54) is 30.6 Å². The summed E-state index contributed by atoms with van der Waals surface area (Å²) in [5.74, 6) is 0.534. The first kappa shape index (κ1) is 12.6. The van der Waals surface area contributed by atoms with Crippen molar-refractivity contribution in [2.75, 3.05) is 0 Å². The maximum Gasteiger partial charge on any atom is 0.237 e. The van der Waals surface area contributed by atoms with E-state index in [0.29, 0.717) is 5.92 Å². The molecule has 94 valence electrons. The number of amides is 1. The molecule has 2 rings (SSSR count). The fourth-order valence-electron chi connectivity index (χ4n) is 2.46. The van der Waals surface area contributed by atoms with Gasteiger partial charge in [-0.1, -0.05) is 18.9 Å². The van der Waals surface area contributed by atoms with Gasteiger partial charge in [0.25, 0.3) is 0 Å². The van der Waals surface area contributed by atoms with Crippen molar-refractivity contribution in [2.24, 2.45) is 11.7 Å². The highest BCUT2D eigenvalue weighted by molar-refractivity contribution is 7.10. The van der Waals surface area contributed by atoms with Crippen LogP contribution in [0.1, 0.15) is 43.5 Å².